The first kappa shape index (κ1) is 15.2. The lowest BCUT2D eigenvalue weighted by Crippen LogP contribution is -2.21. The van der Waals surface area contributed by atoms with Crippen molar-refractivity contribution in [3.05, 3.63) is 0 Å². The Kier molecular flexibility index (Phi) is 9.03. The third kappa shape index (κ3) is 8.55. The summed E-state index contributed by atoms with van der Waals surface area (Å²) < 4.78 is 5.25. The topological polar surface area (TPSA) is 83.8 Å². The Bertz CT molecular complexity index is 219. The minimum Gasteiger partial charge on any atom is -0.481 e. The molecule has 0 rings (SSSR count). The Labute approximate surface area is 99.2 Å². The molecule has 0 amide bonds. The second-order valence-corrected chi connectivity index (χ2v) is 4.57. The van der Waals surface area contributed by atoms with E-state index in [1.165, 1.54) is 0 Å². The molecule has 0 aliphatic rings. The Balaban J connectivity index is 3.60. The van der Waals surface area contributed by atoms with Crippen LogP contribution in [0.1, 0.15) is 26.2 Å². The van der Waals surface area contributed by atoms with Gasteiger partial charge in [-0.25, -0.2) is 0 Å². The molecule has 0 radical (unpaired) electrons. The van der Waals surface area contributed by atoms with Crippen LogP contribution in [0.5, 0.6) is 0 Å². The van der Waals surface area contributed by atoms with Crippen molar-refractivity contribution in [2.75, 3.05) is 19.0 Å². The highest BCUT2D eigenvalue weighted by Crippen LogP contribution is 2.14. The second kappa shape index (κ2) is 9.47. The number of hydrogen-bond donors (Lipinski definition) is 2. The Morgan fingerprint density at radius 2 is 2.00 bits per heavy atom. The maximum Gasteiger partial charge on any atom is 0.317 e. The number of rotatable bonds is 10. The molecule has 0 saturated heterocycles. The van der Waals surface area contributed by atoms with Gasteiger partial charge in [-0.15, -0.1) is 11.8 Å². The van der Waals surface area contributed by atoms with Crippen molar-refractivity contribution < 1.29 is 24.5 Å². The first-order chi connectivity index (χ1) is 7.57. The lowest BCUT2D eigenvalue weighted by atomic mass is 10.3. The molecule has 2 N–H and O–H groups in total. The number of ether oxygens (including phenoxy) is 1. The molecular formula is C10H18O5S. The Hall–Kier alpha value is -0.750. The molecule has 0 spiro atoms. The molecule has 0 bridgehead atoms. The van der Waals surface area contributed by atoms with Gasteiger partial charge in [0.05, 0.1) is 13.0 Å². The van der Waals surface area contributed by atoms with Crippen LogP contribution in [-0.4, -0.2) is 46.4 Å². The number of carboxylic acid groups (broad SMARTS) is 2. The van der Waals surface area contributed by atoms with Gasteiger partial charge in [-0.3, -0.25) is 9.59 Å². The van der Waals surface area contributed by atoms with Gasteiger partial charge in [0, 0.05) is 12.4 Å². The molecule has 1 atom stereocenters. The highest BCUT2D eigenvalue weighted by Gasteiger charge is 2.20. The summed E-state index contributed by atoms with van der Waals surface area (Å²) in [6, 6.07) is 0. The third-order valence-corrected chi connectivity index (χ3v) is 3.00. The number of thioether (sulfide) groups is 1. The summed E-state index contributed by atoms with van der Waals surface area (Å²) >= 11 is 1.11. The maximum atomic E-state index is 10.7. The molecule has 0 saturated carbocycles. The lowest BCUT2D eigenvalue weighted by molar-refractivity contribution is -0.142. The van der Waals surface area contributed by atoms with Crippen molar-refractivity contribution in [2.24, 2.45) is 0 Å². The predicted octanol–water partition coefficient (Wildman–Crippen LogP) is 1.46. The van der Waals surface area contributed by atoms with Gasteiger partial charge in [0.2, 0.25) is 0 Å². The van der Waals surface area contributed by atoms with Gasteiger partial charge >= 0.3 is 11.9 Å². The molecule has 0 heterocycles. The normalized spacial score (nSPS) is 12.3. The fraction of sp³-hybridized carbons (Fsp3) is 0.800. The van der Waals surface area contributed by atoms with Crippen molar-refractivity contribution in [3.8, 4) is 0 Å². The van der Waals surface area contributed by atoms with E-state index >= 15 is 0 Å². The van der Waals surface area contributed by atoms with E-state index in [9.17, 15) is 9.59 Å². The van der Waals surface area contributed by atoms with E-state index in [1.807, 2.05) is 0 Å². The van der Waals surface area contributed by atoms with Crippen LogP contribution in [0.15, 0.2) is 0 Å². The van der Waals surface area contributed by atoms with Gasteiger partial charge in [-0.1, -0.05) is 13.3 Å². The van der Waals surface area contributed by atoms with Crippen molar-refractivity contribution in [1.29, 1.82) is 0 Å². The van der Waals surface area contributed by atoms with Crippen LogP contribution < -0.4 is 0 Å². The third-order valence-electron chi connectivity index (χ3n) is 1.82. The van der Waals surface area contributed by atoms with Gasteiger partial charge in [0.25, 0.3) is 0 Å². The summed E-state index contributed by atoms with van der Waals surface area (Å²) in [6.07, 6.45) is 1.70. The largest absolute Gasteiger partial charge is 0.481 e. The predicted molar refractivity (Wildman–Crippen MR) is 61.9 cm³/mol. The molecule has 5 nitrogen and oxygen atoms in total. The number of carboxylic acids is 2. The van der Waals surface area contributed by atoms with E-state index in [0.717, 1.165) is 24.6 Å². The van der Waals surface area contributed by atoms with Gasteiger partial charge in [-0.05, 0) is 6.42 Å². The second-order valence-electron chi connectivity index (χ2n) is 3.26. The van der Waals surface area contributed by atoms with Gasteiger partial charge in [-0.2, -0.15) is 0 Å². The molecule has 0 aromatic heterocycles. The maximum absolute atomic E-state index is 10.7. The summed E-state index contributed by atoms with van der Waals surface area (Å²) in [5.41, 5.74) is 0. The van der Waals surface area contributed by atoms with E-state index in [-0.39, 0.29) is 6.42 Å². The fourth-order valence-electron chi connectivity index (χ4n) is 0.974. The van der Waals surface area contributed by atoms with Crippen LogP contribution in [-0.2, 0) is 14.3 Å². The van der Waals surface area contributed by atoms with E-state index in [2.05, 4.69) is 6.92 Å². The van der Waals surface area contributed by atoms with Crippen LogP contribution in [0.2, 0.25) is 0 Å². The van der Waals surface area contributed by atoms with Crippen LogP contribution in [0.25, 0.3) is 0 Å². The first-order valence-corrected chi connectivity index (χ1v) is 6.26. The quantitative estimate of drug-likeness (QED) is 0.571. The van der Waals surface area contributed by atoms with E-state index in [0.29, 0.717) is 19.0 Å². The molecule has 0 aliphatic carbocycles. The highest BCUT2D eigenvalue weighted by atomic mass is 32.2. The van der Waals surface area contributed by atoms with Gasteiger partial charge in [0.15, 0.2) is 0 Å². The summed E-state index contributed by atoms with van der Waals surface area (Å²) in [5, 5.41) is 16.4. The molecule has 0 aromatic carbocycles. The number of aliphatic carboxylic acids is 2. The van der Waals surface area contributed by atoms with Crippen LogP contribution >= 0.6 is 11.8 Å². The van der Waals surface area contributed by atoms with Crippen molar-refractivity contribution in [1.82, 2.24) is 0 Å². The molecular weight excluding hydrogens is 232 g/mol. The molecule has 6 heteroatoms. The summed E-state index contributed by atoms with van der Waals surface area (Å²) in [7, 11) is 0. The van der Waals surface area contributed by atoms with Gasteiger partial charge in [0.1, 0.15) is 5.25 Å². The highest BCUT2D eigenvalue weighted by molar-refractivity contribution is 8.00. The minimum atomic E-state index is -1.09. The summed E-state index contributed by atoms with van der Waals surface area (Å²) in [6.45, 7) is 3.20. The monoisotopic (exact) mass is 250 g/mol. The molecule has 16 heavy (non-hydrogen) atoms. The average molecular weight is 250 g/mol. The number of hydrogen-bond acceptors (Lipinski definition) is 4. The number of unbranched alkanes of at least 4 members (excludes halogenated alkanes) is 1. The first-order valence-electron chi connectivity index (χ1n) is 5.21. The molecule has 0 aromatic rings. The zero-order valence-corrected chi connectivity index (χ0v) is 10.2. The minimum absolute atomic E-state index is 0.352. The Morgan fingerprint density at radius 1 is 1.31 bits per heavy atom. The molecule has 1 unspecified atom stereocenters. The summed E-state index contributed by atoms with van der Waals surface area (Å²) in [4.78, 5) is 21.1. The van der Waals surface area contributed by atoms with Crippen LogP contribution in [0.4, 0.5) is 0 Å². The zero-order chi connectivity index (χ0) is 12.4. The average Bonchev–Trinajstić information content (AvgIpc) is 2.20. The molecule has 94 valence electrons. The SMILES string of the molecule is CCCCOCCSC(CC(=O)O)C(=O)O. The fourth-order valence-corrected chi connectivity index (χ4v) is 1.88. The van der Waals surface area contributed by atoms with E-state index in [1.54, 1.807) is 0 Å². The van der Waals surface area contributed by atoms with Crippen LogP contribution in [0, 0.1) is 0 Å². The van der Waals surface area contributed by atoms with Gasteiger partial charge < -0.3 is 14.9 Å². The lowest BCUT2D eigenvalue weighted by Gasteiger charge is -2.09. The van der Waals surface area contributed by atoms with Crippen molar-refractivity contribution in [3.63, 3.8) is 0 Å². The van der Waals surface area contributed by atoms with Crippen molar-refractivity contribution in [2.45, 2.75) is 31.4 Å². The smallest absolute Gasteiger partial charge is 0.317 e. The summed E-state index contributed by atoms with van der Waals surface area (Å²) in [5.74, 6) is -1.67. The Morgan fingerprint density at radius 3 is 2.50 bits per heavy atom. The number of carbonyl (C=O) groups is 2. The van der Waals surface area contributed by atoms with Crippen molar-refractivity contribution >= 4 is 23.7 Å². The van der Waals surface area contributed by atoms with E-state index in [4.69, 9.17) is 14.9 Å². The molecule has 0 aliphatic heterocycles. The zero-order valence-electron chi connectivity index (χ0n) is 9.35. The van der Waals surface area contributed by atoms with Crippen LogP contribution in [0.3, 0.4) is 0 Å². The standard InChI is InChI=1S/C10H18O5S/c1-2-3-4-15-5-6-16-8(10(13)14)7-9(11)12/h8H,2-7H2,1H3,(H,11,12)(H,13,14). The molecule has 0 fully saturated rings. The van der Waals surface area contributed by atoms with E-state index < -0.39 is 17.2 Å².